The van der Waals surface area contributed by atoms with Crippen LogP contribution in [0.4, 0.5) is 0 Å². The van der Waals surface area contributed by atoms with Gasteiger partial charge in [0, 0.05) is 18.4 Å². The largest absolute Gasteiger partial charge is 0.506 e. The Morgan fingerprint density at radius 3 is 2.67 bits per heavy atom. The summed E-state index contributed by atoms with van der Waals surface area (Å²) in [6.45, 7) is 0.0782. The third kappa shape index (κ3) is 4.44. The molecule has 1 heterocycles. The second kappa shape index (κ2) is 7.61. The zero-order valence-electron chi connectivity index (χ0n) is 12.0. The first-order valence-electron chi connectivity index (χ1n) is 6.71. The van der Waals surface area contributed by atoms with Gasteiger partial charge in [0.1, 0.15) is 11.5 Å². The molecule has 0 aliphatic carbocycles. The summed E-state index contributed by atoms with van der Waals surface area (Å²) in [5, 5.41) is 18.5. The van der Waals surface area contributed by atoms with Crippen molar-refractivity contribution in [3.63, 3.8) is 0 Å². The Labute approximate surface area is 123 Å². The maximum absolute atomic E-state index is 9.29. The van der Waals surface area contributed by atoms with Gasteiger partial charge in [0.25, 0.3) is 0 Å². The summed E-state index contributed by atoms with van der Waals surface area (Å²) in [6, 6.07) is 9.16. The summed E-state index contributed by atoms with van der Waals surface area (Å²) in [5.74, 6) is 0.803. The van der Waals surface area contributed by atoms with Crippen LogP contribution in [-0.2, 0) is 24.2 Å². The monoisotopic (exact) mass is 289 g/mol. The molecule has 0 amide bonds. The van der Waals surface area contributed by atoms with Crippen molar-refractivity contribution >= 4 is 0 Å². The minimum absolute atomic E-state index is 0.0706. The lowest BCUT2D eigenvalue weighted by atomic mass is 10.0. The number of hydrogen-bond donors (Lipinski definition) is 2. The first kappa shape index (κ1) is 15.3. The van der Waals surface area contributed by atoms with E-state index in [0.29, 0.717) is 5.75 Å². The second-order valence-electron chi connectivity index (χ2n) is 4.66. The van der Waals surface area contributed by atoms with Crippen molar-refractivity contribution in [2.24, 2.45) is 0 Å². The molecule has 1 aromatic heterocycles. The second-order valence-corrected chi connectivity index (χ2v) is 4.66. The fraction of sp³-hybridized carbons (Fsp3) is 0.312. The lowest BCUT2D eigenvalue weighted by Crippen LogP contribution is -2.03. The highest BCUT2D eigenvalue weighted by Gasteiger charge is 2.05. The summed E-state index contributed by atoms with van der Waals surface area (Å²) < 4.78 is 10.3. The third-order valence-corrected chi connectivity index (χ3v) is 3.11. The predicted octanol–water partition coefficient (Wildman–Crippen LogP) is 2.05. The standard InChI is InChI=1S/C16H19NO4/c1-20-11-21-16-8-12(2-4-13(16)10-18)3-5-14-6-7-15(19)9-17-14/h2,4,6-9,18-19H,3,5,10-11H2,1H3. The van der Waals surface area contributed by atoms with Gasteiger partial charge in [0.05, 0.1) is 12.8 Å². The number of ether oxygens (including phenoxy) is 2. The average molecular weight is 289 g/mol. The van der Waals surface area contributed by atoms with Gasteiger partial charge in [-0.1, -0.05) is 12.1 Å². The summed E-state index contributed by atoms with van der Waals surface area (Å²) in [7, 11) is 1.55. The van der Waals surface area contributed by atoms with E-state index in [1.165, 1.54) is 6.20 Å². The van der Waals surface area contributed by atoms with Gasteiger partial charge in [-0.15, -0.1) is 0 Å². The molecule has 0 fully saturated rings. The topological polar surface area (TPSA) is 71.8 Å². The molecule has 21 heavy (non-hydrogen) atoms. The molecule has 0 bridgehead atoms. The van der Waals surface area contributed by atoms with Crippen LogP contribution in [0.25, 0.3) is 0 Å². The first-order chi connectivity index (χ1) is 10.2. The van der Waals surface area contributed by atoms with Crippen molar-refractivity contribution in [2.75, 3.05) is 13.9 Å². The van der Waals surface area contributed by atoms with E-state index >= 15 is 0 Å². The molecule has 5 nitrogen and oxygen atoms in total. The summed E-state index contributed by atoms with van der Waals surface area (Å²) in [4.78, 5) is 4.16. The molecule has 0 saturated carbocycles. The fourth-order valence-electron chi connectivity index (χ4n) is 1.98. The maximum Gasteiger partial charge on any atom is 0.188 e. The Morgan fingerprint density at radius 2 is 2.00 bits per heavy atom. The highest BCUT2D eigenvalue weighted by atomic mass is 16.7. The Balaban J connectivity index is 2.04. The van der Waals surface area contributed by atoms with Crippen molar-refractivity contribution in [1.82, 2.24) is 4.98 Å². The number of aliphatic hydroxyl groups is 1. The zero-order chi connectivity index (χ0) is 15.1. The number of hydrogen-bond acceptors (Lipinski definition) is 5. The molecule has 2 N–H and O–H groups in total. The van der Waals surface area contributed by atoms with Gasteiger partial charge < -0.3 is 19.7 Å². The van der Waals surface area contributed by atoms with Crippen LogP contribution in [-0.4, -0.2) is 29.1 Å². The van der Waals surface area contributed by atoms with E-state index in [1.54, 1.807) is 19.2 Å². The van der Waals surface area contributed by atoms with Gasteiger partial charge in [-0.2, -0.15) is 0 Å². The Morgan fingerprint density at radius 1 is 1.14 bits per heavy atom. The normalized spacial score (nSPS) is 10.6. The third-order valence-electron chi connectivity index (χ3n) is 3.11. The number of aromatic nitrogens is 1. The van der Waals surface area contributed by atoms with Gasteiger partial charge in [-0.05, 0) is 36.6 Å². The van der Waals surface area contributed by atoms with Crippen molar-refractivity contribution in [3.8, 4) is 11.5 Å². The molecule has 0 spiro atoms. The minimum Gasteiger partial charge on any atom is -0.506 e. The number of nitrogens with zero attached hydrogens (tertiary/aromatic N) is 1. The van der Waals surface area contributed by atoms with Gasteiger partial charge in [-0.3, -0.25) is 4.98 Å². The molecule has 0 aliphatic rings. The Bertz CT molecular complexity index is 569. The van der Waals surface area contributed by atoms with Crippen molar-refractivity contribution in [1.29, 1.82) is 0 Å². The SMILES string of the molecule is COCOc1cc(CCc2ccc(O)cn2)ccc1CO. The molecular formula is C16H19NO4. The van der Waals surface area contributed by atoms with Crippen LogP contribution >= 0.6 is 0 Å². The molecule has 0 aliphatic heterocycles. The maximum atomic E-state index is 9.29. The molecule has 0 unspecified atom stereocenters. The number of aromatic hydroxyl groups is 1. The van der Waals surface area contributed by atoms with Crippen LogP contribution < -0.4 is 4.74 Å². The predicted molar refractivity (Wildman–Crippen MR) is 78.2 cm³/mol. The number of rotatable bonds is 7. The van der Waals surface area contributed by atoms with Crippen LogP contribution in [0.3, 0.4) is 0 Å². The summed E-state index contributed by atoms with van der Waals surface area (Å²) in [5.41, 5.74) is 2.74. The lowest BCUT2D eigenvalue weighted by molar-refractivity contribution is 0.0494. The number of pyridine rings is 1. The number of methoxy groups -OCH3 is 1. The van der Waals surface area contributed by atoms with E-state index in [0.717, 1.165) is 29.7 Å². The van der Waals surface area contributed by atoms with Crippen molar-refractivity contribution in [3.05, 3.63) is 53.3 Å². The summed E-state index contributed by atoms with van der Waals surface area (Å²) >= 11 is 0. The molecule has 1 aromatic carbocycles. The molecule has 5 heteroatoms. The van der Waals surface area contributed by atoms with E-state index in [9.17, 15) is 10.2 Å². The molecule has 2 rings (SSSR count). The van der Waals surface area contributed by atoms with E-state index in [4.69, 9.17) is 9.47 Å². The van der Waals surface area contributed by atoms with E-state index < -0.39 is 0 Å². The van der Waals surface area contributed by atoms with Gasteiger partial charge in [0.2, 0.25) is 0 Å². The average Bonchev–Trinajstić information content (AvgIpc) is 2.52. The molecule has 2 aromatic rings. The Kier molecular flexibility index (Phi) is 5.54. The number of benzene rings is 1. The zero-order valence-corrected chi connectivity index (χ0v) is 12.0. The highest BCUT2D eigenvalue weighted by molar-refractivity contribution is 5.37. The smallest absolute Gasteiger partial charge is 0.188 e. The van der Waals surface area contributed by atoms with Gasteiger partial charge in [-0.25, -0.2) is 0 Å². The molecule has 0 atom stereocenters. The van der Waals surface area contributed by atoms with E-state index in [-0.39, 0.29) is 19.1 Å². The number of aryl methyl sites for hydroxylation is 2. The van der Waals surface area contributed by atoms with Crippen molar-refractivity contribution in [2.45, 2.75) is 19.4 Å². The number of aliphatic hydroxyl groups excluding tert-OH is 1. The van der Waals surface area contributed by atoms with E-state index in [2.05, 4.69) is 4.98 Å². The van der Waals surface area contributed by atoms with Crippen LogP contribution in [0.5, 0.6) is 11.5 Å². The van der Waals surface area contributed by atoms with Gasteiger partial charge >= 0.3 is 0 Å². The molecule has 0 radical (unpaired) electrons. The van der Waals surface area contributed by atoms with Crippen LogP contribution in [0.15, 0.2) is 36.5 Å². The Hall–Kier alpha value is -2.11. The van der Waals surface area contributed by atoms with Crippen LogP contribution in [0.2, 0.25) is 0 Å². The summed E-state index contributed by atoms with van der Waals surface area (Å²) in [6.07, 6.45) is 3.01. The molecule has 0 saturated heterocycles. The minimum atomic E-state index is -0.0706. The van der Waals surface area contributed by atoms with Gasteiger partial charge in [0.15, 0.2) is 6.79 Å². The lowest BCUT2D eigenvalue weighted by Gasteiger charge is -2.11. The van der Waals surface area contributed by atoms with E-state index in [1.807, 2.05) is 18.2 Å². The highest BCUT2D eigenvalue weighted by Crippen LogP contribution is 2.22. The first-order valence-corrected chi connectivity index (χ1v) is 6.71. The van der Waals surface area contributed by atoms with Crippen molar-refractivity contribution < 1.29 is 19.7 Å². The quantitative estimate of drug-likeness (QED) is 0.763. The molecular weight excluding hydrogens is 270 g/mol. The fourth-order valence-corrected chi connectivity index (χ4v) is 1.98. The van der Waals surface area contributed by atoms with Crippen LogP contribution in [0.1, 0.15) is 16.8 Å². The van der Waals surface area contributed by atoms with Crippen LogP contribution in [0, 0.1) is 0 Å². The molecule has 112 valence electrons.